The number of fused-ring (bicyclic) bond motifs is 3. The molecule has 49 heavy (non-hydrogen) atoms. The van der Waals surface area contributed by atoms with Crippen LogP contribution in [0, 0.1) is 17.3 Å². The van der Waals surface area contributed by atoms with Crippen LogP contribution in [0.2, 0.25) is 0 Å². The molecule has 5 aliphatic carbocycles. The van der Waals surface area contributed by atoms with Gasteiger partial charge >= 0.3 is 5.97 Å². The highest BCUT2D eigenvalue weighted by Gasteiger charge is 2.41. The van der Waals surface area contributed by atoms with Gasteiger partial charge in [0.15, 0.2) is 0 Å². The Bertz CT molecular complexity index is 2140. The lowest BCUT2D eigenvalue weighted by molar-refractivity contribution is -0.137. The van der Waals surface area contributed by atoms with Crippen molar-refractivity contribution in [2.45, 2.75) is 52.9 Å². The minimum atomic E-state index is -0.364. The van der Waals surface area contributed by atoms with E-state index in [1.54, 1.807) is 0 Å². The number of hydrogen-bond donors (Lipinski definition) is 0. The second kappa shape index (κ2) is 11.6. The summed E-state index contributed by atoms with van der Waals surface area (Å²) in [6, 6.07) is 22.9. The lowest BCUT2D eigenvalue weighted by Crippen LogP contribution is -2.30. The number of carbonyl (C=O) groups excluding carboxylic acids is 1. The van der Waals surface area contributed by atoms with Crippen molar-refractivity contribution in [1.82, 2.24) is 0 Å². The largest absolute Gasteiger partial charge is 0.463 e. The fourth-order valence-corrected chi connectivity index (χ4v) is 8.44. The molecule has 2 nitrogen and oxygen atoms in total. The molecule has 0 N–H and O–H groups in total. The lowest BCUT2D eigenvalue weighted by atomic mass is 9.61. The van der Waals surface area contributed by atoms with E-state index < -0.39 is 0 Å². The van der Waals surface area contributed by atoms with Crippen molar-refractivity contribution in [3.63, 3.8) is 0 Å². The number of allylic oxidation sites excluding steroid dienone is 14. The summed E-state index contributed by atoms with van der Waals surface area (Å²) in [5, 5.41) is 0. The van der Waals surface area contributed by atoms with Crippen molar-refractivity contribution in [1.29, 1.82) is 0 Å². The van der Waals surface area contributed by atoms with Crippen LogP contribution < -0.4 is 0 Å². The highest BCUT2D eigenvalue weighted by molar-refractivity contribution is 5.90. The van der Waals surface area contributed by atoms with Crippen molar-refractivity contribution in [3.8, 4) is 22.3 Å². The number of aryl methyl sites for hydroxylation is 1. The first kappa shape index (κ1) is 31.3. The fraction of sp³-hybridized carbons (Fsp3) is 0.255. The molecular weight excluding hydrogens is 597 g/mol. The molecule has 0 amide bonds. The lowest BCUT2D eigenvalue weighted by Gasteiger charge is -2.42. The molecule has 3 aromatic rings. The predicted molar refractivity (Wildman–Crippen MR) is 203 cm³/mol. The van der Waals surface area contributed by atoms with Crippen LogP contribution in [0.4, 0.5) is 0 Å². The van der Waals surface area contributed by atoms with Crippen molar-refractivity contribution >= 4 is 11.5 Å². The molecule has 2 unspecified atom stereocenters. The Morgan fingerprint density at radius 2 is 1.43 bits per heavy atom. The topological polar surface area (TPSA) is 26.3 Å². The summed E-state index contributed by atoms with van der Waals surface area (Å²) in [5.41, 5.74) is 18.9. The van der Waals surface area contributed by atoms with Gasteiger partial charge in [-0.2, -0.15) is 0 Å². The van der Waals surface area contributed by atoms with Crippen LogP contribution in [0.3, 0.4) is 0 Å². The zero-order valence-corrected chi connectivity index (χ0v) is 29.3. The SMILES string of the molecule is C=CC(=O)OCCCc1ccc(-c2ccc3c(c2)C(C)(C)c2cc(C4=CC=C5C=CC6=CC(C(C)(C)C)=CC7=CC=C4C5C76)ccc2-3)cc1. The summed E-state index contributed by atoms with van der Waals surface area (Å²) in [6.45, 7) is 15.5. The van der Waals surface area contributed by atoms with Crippen LogP contribution in [0.5, 0.6) is 0 Å². The number of esters is 1. The van der Waals surface area contributed by atoms with Gasteiger partial charge in [0.25, 0.3) is 0 Å². The normalized spacial score (nSPS) is 20.8. The molecule has 0 saturated carbocycles. The Labute approximate surface area is 291 Å². The third-order valence-corrected chi connectivity index (χ3v) is 11.2. The zero-order valence-electron chi connectivity index (χ0n) is 29.3. The quantitative estimate of drug-likeness (QED) is 0.146. The van der Waals surface area contributed by atoms with Crippen molar-refractivity contribution < 1.29 is 9.53 Å². The van der Waals surface area contributed by atoms with Gasteiger partial charge in [-0.1, -0.05) is 138 Å². The van der Waals surface area contributed by atoms with Gasteiger partial charge in [-0.3, -0.25) is 0 Å². The number of hydrogen-bond acceptors (Lipinski definition) is 2. The minimum Gasteiger partial charge on any atom is -0.463 e. The van der Waals surface area contributed by atoms with E-state index >= 15 is 0 Å². The maximum Gasteiger partial charge on any atom is 0.330 e. The van der Waals surface area contributed by atoms with E-state index in [9.17, 15) is 4.79 Å². The van der Waals surface area contributed by atoms with Crippen LogP contribution in [-0.4, -0.2) is 12.6 Å². The van der Waals surface area contributed by atoms with E-state index in [0.717, 1.165) is 12.8 Å². The Hall–Kier alpha value is -4.95. The molecule has 0 saturated heterocycles. The van der Waals surface area contributed by atoms with E-state index in [4.69, 9.17) is 4.74 Å². The standard InChI is InChI=1S/C47H44O2/c1-7-43(48)49-24-8-9-29-10-12-30(13-11-29)32-17-21-38-39-22-18-33(28-42(39)47(5,6)41(38)27-32)37-20-16-31-14-15-34-25-36(46(2,3)4)26-35-19-23-40(37)45(31)44(34)35/h7,10-23,25-28,44-45H,1,8-9,24H2,2-6H3. The summed E-state index contributed by atoms with van der Waals surface area (Å²) < 4.78 is 5.13. The Kier molecular flexibility index (Phi) is 7.41. The van der Waals surface area contributed by atoms with Crippen LogP contribution in [0.1, 0.15) is 63.3 Å². The van der Waals surface area contributed by atoms with E-state index in [1.807, 2.05) is 0 Å². The molecular formula is C47H44O2. The second-order valence-electron chi connectivity index (χ2n) is 15.6. The molecule has 8 rings (SSSR count). The summed E-state index contributed by atoms with van der Waals surface area (Å²) in [5.74, 6) is 0.379. The highest BCUT2D eigenvalue weighted by atomic mass is 16.5. The maximum absolute atomic E-state index is 11.3. The van der Waals surface area contributed by atoms with Gasteiger partial charge in [-0.05, 0) is 108 Å². The van der Waals surface area contributed by atoms with Crippen molar-refractivity contribution in [3.05, 3.63) is 172 Å². The van der Waals surface area contributed by atoms with Gasteiger partial charge in [-0.15, -0.1) is 0 Å². The van der Waals surface area contributed by atoms with E-state index in [2.05, 4.69) is 150 Å². The molecule has 0 radical (unpaired) electrons. The molecule has 0 spiro atoms. The minimum absolute atomic E-state index is 0.120. The van der Waals surface area contributed by atoms with E-state index in [-0.39, 0.29) is 16.8 Å². The van der Waals surface area contributed by atoms with Gasteiger partial charge < -0.3 is 4.74 Å². The molecule has 0 aromatic heterocycles. The number of benzene rings is 3. The highest BCUT2D eigenvalue weighted by Crippen LogP contribution is 2.55. The molecule has 0 heterocycles. The molecule has 0 bridgehead atoms. The third kappa shape index (κ3) is 5.29. The van der Waals surface area contributed by atoms with E-state index in [1.165, 1.54) is 84.0 Å². The van der Waals surface area contributed by atoms with Crippen LogP contribution in [0.25, 0.3) is 27.8 Å². The Morgan fingerprint density at radius 3 is 2.14 bits per heavy atom. The smallest absolute Gasteiger partial charge is 0.330 e. The van der Waals surface area contributed by atoms with Gasteiger partial charge in [0.1, 0.15) is 0 Å². The Balaban J connectivity index is 1.07. The van der Waals surface area contributed by atoms with Gasteiger partial charge in [0, 0.05) is 23.3 Å². The number of ether oxygens (including phenoxy) is 1. The van der Waals surface area contributed by atoms with Gasteiger partial charge in [0.2, 0.25) is 0 Å². The first-order chi connectivity index (χ1) is 23.5. The predicted octanol–water partition coefficient (Wildman–Crippen LogP) is 11.2. The monoisotopic (exact) mass is 640 g/mol. The summed E-state index contributed by atoms with van der Waals surface area (Å²) >= 11 is 0. The maximum atomic E-state index is 11.3. The molecule has 244 valence electrons. The first-order valence-electron chi connectivity index (χ1n) is 17.7. The van der Waals surface area contributed by atoms with E-state index in [0.29, 0.717) is 18.4 Å². The summed E-state index contributed by atoms with van der Waals surface area (Å²) in [7, 11) is 0. The number of rotatable bonds is 7. The molecule has 0 fully saturated rings. The van der Waals surface area contributed by atoms with Crippen molar-refractivity contribution in [2.24, 2.45) is 17.3 Å². The second-order valence-corrected chi connectivity index (χ2v) is 15.6. The Morgan fingerprint density at radius 1 is 0.776 bits per heavy atom. The first-order valence-corrected chi connectivity index (χ1v) is 17.7. The molecule has 2 atom stereocenters. The molecule has 5 aliphatic rings. The average Bonchev–Trinajstić information content (AvgIpc) is 3.33. The fourth-order valence-electron chi connectivity index (χ4n) is 8.44. The summed E-state index contributed by atoms with van der Waals surface area (Å²) in [6.07, 6.45) is 22.0. The van der Waals surface area contributed by atoms with Crippen LogP contribution in [-0.2, 0) is 21.4 Å². The van der Waals surface area contributed by atoms with Crippen LogP contribution >= 0.6 is 0 Å². The van der Waals surface area contributed by atoms with Gasteiger partial charge in [-0.25, -0.2) is 4.79 Å². The molecule has 0 aliphatic heterocycles. The molecule has 2 heteroatoms. The van der Waals surface area contributed by atoms with Crippen molar-refractivity contribution in [2.75, 3.05) is 6.61 Å². The molecule has 3 aromatic carbocycles. The van der Waals surface area contributed by atoms with Crippen LogP contribution in [0.15, 0.2) is 150 Å². The third-order valence-electron chi connectivity index (χ3n) is 11.2. The number of carbonyl (C=O) groups is 1. The zero-order chi connectivity index (χ0) is 34.1. The van der Waals surface area contributed by atoms with Gasteiger partial charge in [0.05, 0.1) is 6.61 Å². The average molecular weight is 641 g/mol. The summed E-state index contributed by atoms with van der Waals surface area (Å²) in [4.78, 5) is 11.3.